The molecule has 3 aromatic rings. The van der Waals surface area contributed by atoms with Gasteiger partial charge in [-0.2, -0.15) is 13.2 Å². The molecule has 4 rings (SSSR count). The first-order valence-corrected chi connectivity index (χ1v) is 7.94. The number of nitrogens with two attached hydrogens (primary N) is 1. The van der Waals surface area contributed by atoms with E-state index in [0.717, 1.165) is 28.5 Å². The van der Waals surface area contributed by atoms with Crippen molar-refractivity contribution in [1.29, 1.82) is 5.41 Å². The second-order valence-electron chi connectivity index (χ2n) is 6.32. The summed E-state index contributed by atoms with van der Waals surface area (Å²) in [4.78, 5) is 4.02. The SMILES string of the molecule is Cc1ccc2cc3c(c(-c4cccc(C(F)(F)F)c4)c2c1)C(N)=NC3=N. The molecule has 0 saturated carbocycles. The van der Waals surface area contributed by atoms with Crippen LogP contribution in [0.4, 0.5) is 13.2 Å². The van der Waals surface area contributed by atoms with Crippen LogP contribution < -0.4 is 5.73 Å². The molecule has 0 amide bonds. The minimum Gasteiger partial charge on any atom is -0.383 e. The third-order valence-electron chi connectivity index (χ3n) is 4.52. The van der Waals surface area contributed by atoms with E-state index in [-0.39, 0.29) is 11.7 Å². The number of nitrogens with one attached hydrogen (secondary N) is 1. The molecular weight excluding hydrogens is 339 g/mol. The number of halogens is 3. The molecule has 0 atom stereocenters. The number of aryl methyl sites for hydroxylation is 1. The molecule has 130 valence electrons. The molecule has 1 aliphatic rings. The summed E-state index contributed by atoms with van der Waals surface area (Å²) >= 11 is 0. The molecule has 0 aliphatic carbocycles. The monoisotopic (exact) mass is 353 g/mol. The van der Waals surface area contributed by atoms with Gasteiger partial charge in [-0.15, -0.1) is 0 Å². The normalized spacial score (nSPS) is 13.8. The van der Waals surface area contributed by atoms with E-state index >= 15 is 0 Å². The highest BCUT2D eigenvalue weighted by atomic mass is 19.4. The summed E-state index contributed by atoms with van der Waals surface area (Å²) in [6.07, 6.45) is -4.44. The van der Waals surface area contributed by atoms with Crippen LogP contribution in [0.5, 0.6) is 0 Å². The summed E-state index contributed by atoms with van der Waals surface area (Å²) in [5, 5.41) is 9.65. The first-order valence-electron chi connectivity index (χ1n) is 7.94. The van der Waals surface area contributed by atoms with Gasteiger partial charge in [-0.1, -0.05) is 35.9 Å². The van der Waals surface area contributed by atoms with Crippen LogP contribution in [-0.2, 0) is 6.18 Å². The number of hydrogen-bond acceptors (Lipinski definition) is 2. The predicted molar refractivity (Wildman–Crippen MR) is 96.7 cm³/mol. The predicted octanol–water partition coefficient (Wildman–Crippen LogP) is 4.88. The lowest BCUT2D eigenvalue weighted by Crippen LogP contribution is -2.12. The van der Waals surface area contributed by atoms with Gasteiger partial charge in [-0.05, 0) is 41.5 Å². The van der Waals surface area contributed by atoms with Crippen LogP contribution >= 0.6 is 0 Å². The highest BCUT2D eigenvalue weighted by Gasteiger charge is 2.31. The summed E-state index contributed by atoms with van der Waals surface area (Å²) < 4.78 is 39.6. The molecule has 0 fully saturated rings. The van der Waals surface area contributed by atoms with Crippen LogP contribution in [0.3, 0.4) is 0 Å². The fraction of sp³-hybridized carbons (Fsp3) is 0.100. The molecule has 0 unspecified atom stereocenters. The molecule has 0 spiro atoms. The number of nitrogens with zero attached hydrogens (tertiary/aromatic N) is 1. The first kappa shape index (κ1) is 16.3. The smallest absolute Gasteiger partial charge is 0.383 e. The highest BCUT2D eigenvalue weighted by Crippen LogP contribution is 2.39. The molecule has 3 aromatic carbocycles. The molecule has 0 saturated heterocycles. The lowest BCUT2D eigenvalue weighted by atomic mass is 9.88. The van der Waals surface area contributed by atoms with Crippen molar-refractivity contribution >= 4 is 22.4 Å². The summed E-state index contributed by atoms with van der Waals surface area (Å²) in [7, 11) is 0. The third-order valence-corrected chi connectivity index (χ3v) is 4.52. The lowest BCUT2D eigenvalue weighted by molar-refractivity contribution is -0.137. The molecule has 26 heavy (non-hydrogen) atoms. The standard InChI is InChI=1S/C20H14F3N3/c1-10-5-6-11-9-15-17(19(25)26-18(15)24)16(14(11)7-10)12-3-2-4-13(8-12)20(21,22)23/h2-9H,1H3,(H3,24,25,26). The van der Waals surface area contributed by atoms with E-state index < -0.39 is 11.7 Å². The molecule has 0 radical (unpaired) electrons. The Morgan fingerprint density at radius 1 is 1.00 bits per heavy atom. The Labute approximate surface area is 147 Å². The van der Waals surface area contributed by atoms with Crippen molar-refractivity contribution in [3.8, 4) is 11.1 Å². The summed E-state index contributed by atoms with van der Waals surface area (Å²) in [5.74, 6) is 0.175. The maximum absolute atomic E-state index is 13.2. The Balaban J connectivity index is 2.12. The van der Waals surface area contributed by atoms with Gasteiger partial charge >= 0.3 is 6.18 Å². The number of benzene rings is 3. The average molecular weight is 353 g/mol. The molecule has 0 aromatic heterocycles. The van der Waals surface area contributed by atoms with Crippen LogP contribution in [0.1, 0.15) is 22.3 Å². The van der Waals surface area contributed by atoms with Gasteiger partial charge in [0.2, 0.25) is 0 Å². The van der Waals surface area contributed by atoms with E-state index in [0.29, 0.717) is 22.3 Å². The fourth-order valence-corrected chi connectivity index (χ4v) is 3.35. The molecule has 3 N–H and O–H groups in total. The zero-order valence-corrected chi connectivity index (χ0v) is 13.8. The molecule has 1 heterocycles. The van der Waals surface area contributed by atoms with Crippen molar-refractivity contribution < 1.29 is 13.2 Å². The third kappa shape index (κ3) is 2.45. The Hall–Kier alpha value is -3.15. The number of hydrogen-bond donors (Lipinski definition) is 2. The topological polar surface area (TPSA) is 62.2 Å². The number of alkyl halides is 3. The van der Waals surface area contributed by atoms with Gasteiger partial charge < -0.3 is 5.73 Å². The maximum Gasteiger partial charge on any atom is 0.416 e. The zero-order chi connectivity index (χ0) is 18.6. The molecule has 0 bridgehead atoms. The molecule has 3 nitrogen and oxygen atoms in total. The van der Waals surface area contributed by atoms with Gasteiger partial charge in [-0.3, -0.25) is 5.41 Å². The Morgan fingerprint density at radius 3 is 2.50 bits per heavy atom. The highest BCUT2D eigenvalue weighted by molar-refractivity contribution is 6.27. The Kier molecular flexibility index (Phi) is 3.41. The van der Waals surface area contributed by atoms with E-state index in [1.807, 2.05) is 31.2 Å². The quantitative estimate of drug-likeness (QED) is 0.644. The van der Waals surface area contributed by atoms with Gasteiger partial charge in [-0.25, -0.2) is 4.99 Å². The van der Waals surface area contributed by atoms with Crippen molar-refractivity contribution in [1.82, 2.24) is 0 Å². The molecule has 1 aliphatic heterocycles. The summed E-state index contributed by atoms with van der Waals surface area (Å²) in [6, 6.07) is 12.7. The number of amidine groups is 2. The van der Waals surface area contributed by atoms with Crippen LogP contribution in [0, 0.1) is 12.3 Å². The van der Waals surface area contributed by atoms with Gasteiger partial charge in [0.15, 0.2) is 5.84 Å². The lowest BCUT2D eigenvalue weighted by Gasteiger charge is -2.15. The van der Waals surface area contributed by atoms with E-state index in [4.69, 9.17) is 11.1 Å². The summed E-state index contributed by atoms with van der Waals surface area (Å²) in [6.45, 7) is 1.92. The van der Waals surface area contributed by atoms with Gasteiger partial charge in [0.05, 0.1) is 5.56 Å². The second kappa shape index (κ2) is 5.42. The van der Waals surface area contributed by atoms with Crippen molar-refractivity contribution in [3.63, 3.8) is 0 Å². The van der Waals surface area contributed by atoms with Crippen LogP contribution in [0.25, 0.3) is 21.9 Å². The minimum atomic E-state index is -4.44. The fourth-order valence-electron chi connectivity index (χ4n) is 3.35. The van der Waals surface area contributed by atoms with Crippen LogP contribution in [-0.4, -0.2) is 11.7 Å². The maximum atomic E-state index is 13.2. The van der Waals surface area contributed by atoms with Crippen LogP contribution in [0.15, 0.2) is 53.5 Å². The number of rotatable bonds is 1. The molecule has 6 heteroatoms. The van der Waals surface area contributed by atoms with E-state index in [9.17, 15) is 13.2 Å². The molecular formula is C20H14F3N3. The Morgan fingerprint density at radius 2 is 1.77 bits per heavy atom. The van der Waals surface area contributed by atoms with E-state index in [1.165, 1.54) is 6.07 Å². The van der Waals surface area contributed by atoms with Crippen molar-refractivity contribution in [2.24, 2.45) is 10.7 Å². The Bertz CT molecular complexity index is 1110. The van der Waals surface area contributed by atoms with Crippen molar-refractivity contribution in [3.05, 3.63) is 70.8 Å². The van der Waals surface area contributed by atoms with Crippen LogP contribution in [0.2, 0.25) is 0 Å². The van der Waals surface area contributed by atoms with Gasteiger partial charge in [0.1, 0.15) is 5.84 Å². The number of fused-ring (bicyclic) bond motifs is 2. The van der Waals surface area contributed by atoms with E-state index in [1.54, 1.807) is 6.07 Å². The largest absolute Gasteiger partial charge is 0.416 e. The van der Waals surface area contributed by atoms with Crippen molar-refractivity contribution in [2.75, 3.05) is 0 Å². The van der Waals surface area contributed by atoms with Crippen molar-refractivity contribution in [2.45, 2.75) is 13.1 Å². The average Bonchev–Trinajstić information content (AvgIpc) is 2.86. The number of aliphatic imine (C=N–C) groups is 1. The first-order chi connectivity index (χ1) is 12.3. The summed E-state index contributed by atoms with van der Waals surface area (Å²) in [5.41, 5.74) is 8.31. The van der Waals surface area contributed by atoms with Gasteiger partial charge in [0.25, 0.3) is 0 Å². The zero-order valence-electron chi connectivity index (χ0n) is 13.8. The van der Waals surface area contributed by atoms with Gasteiger partial charge in [0, 0.05) is 16.7 Å². The minimum absolute atomic E-state index is 0.0215. The second-order valence-corrected chi connectivity index (χ2v) is 6.32. The van der Waals surface area contributed by atoms with E-state index in [2.05, 4.69) is 4.99 Å².